The lowest BCUT2D eigenvalue weighted by atomic mass is 9.94. The van der Waals surface area contributed by atoms with Gasteiger partial charge in [0, 0.05) is 12.8 Å². The molecule has 1 N–H and O–H groups in total. The fourth-order valence-electron chi connectivity index (χ4n) is 3.82. The largest absolute Gasteiger partial charge is 0.495 e. The molecule has 2 aliphatic heterocycles. The van der Waals surface area contributed by atoms with Crippen LogP contribution in [-0.2, 0) is 9.59 Å². The van der Waals surface area contributed by atoms with Crippen LogP contribution in [0.25, 0.3) is 0 Å². The molecule has 0 fully saturated rings. The Kier molecular flexibility index (Phi) is 5.62. The number of para-hydroxylation sites is 2. The molecule has 3 aliphatic rings. The zero-order chi connectivity index (χ0) is 19.5. The first kappa shape index (κ1) is 18.9. The van der Waals surface area contributed by atoms with Crippen LogP contribution in [0.15, 0.2) is 44.7 Å². The second-order valence-corrected chi connectivity index (χ2v) is 8.22. The second-order valence-electron chi connectivity index (χ2n) is 7.11. The van der Waals surface area contributed by atoms with Crippen LogP contribution in [-0.4, -0.2) is 29.8 Å². The molecule has 0 aromatic heterocycles. The van der Waals surface area contributed by atoms with Crippen molar-refractivity contribution in [2.24, 2.45) is 15.9 Å². The summed E-state index contributed by atoms with van der Waals surface area (Å²) in [6.07, 6.45) is 6.10. The first-order valence-corrected chi connectivity index (χ1v) is 10.5. The number of fused-ring (bicyclic) bond motifs is 2. The number of amides is 2. The molecule has 7 heteroatoms. The fraction of sp³-hybridized carbons (Fsp3) is 0.429. The minimum absolute atomic E-state index is 0.121. The van der Waals surface area contributed by atoms with Gasteiger partial charge in [0.1, 0.15) is 17.5 Å². The summed E-state index contributed by atoms with van der Waals surface area (Å²) in [7, 11) is 1.56. The minimum Gasteiger partial charge on any atom is -0.495 e. The molecular formula is C21H23N3O3S. The third-order valence-electron chi connectivity index (χ3n) is 5.21. The number of nitrogens with zero attached hydrogens (tertiary/aromatic N) is 2. The molecule has 4 rings (SSSR count). The summed E-state index contributed by atoms with van der Waals surface area (Å²) >= 11 is 1.65. The molecule has 1 aromatic carbocycles. The Bertz CT molecular complexity index is 904. The maximum absolute atomic E-state index is 12.6. The van der Waals surface area contributed by atoms with Gasteiger partial charge in [-0.3, -0.25) is 9.59 Å². The van der Waals surface area contributed by atoms with E-state index in [1.807, 2.05) is 12.1 Å². The maximum atomic E-state index is 12.6. The molecule has 1 atom stereocenters. The number of hydrogen-bond donors (Lipinski definition) is 1. The van der Waals surface area contributed by atoms with E-state index in [-0.39, 0.29) is 24.2 Å². The van der Waals surface area contributed by atoms with Gasteiger partial charge in [0.05, 0.1) is 17.8 Å². The standard InChI is InChI=1S/C21H23N3O3S/c1-27-15-9-6-5-8-14(15)22-18(25)12-11-17-23-20(26)19-13-7-3-2-4-10-16(13)28-21(19)24-17/h5-6,8-9,19H,2-4,7,10-12H2,1H3,(H,22,25). The van der Waals surface area contributed by atoms with Crippen molar-refractivity contribution in [3.8, 4) is 5.75 Å². The molecule has 2 heterocycles. The first-order chi connectivity index (χ1) is 13.7. The number of methoxy groups -OCH3 is 1. The summed E-state index contributed by atoms with van der Waals surface area (Å²) in [5.74, 6) is 0.527. The van der Waals surface area contributed by atoms with Crippen molar-refractivity contribution >= 4 is 40.1 Å². The van der Waals surface area contributed by atoms with E-state index in [1.54, 1.807) is 31.0 Å². The van der Waals surface area contributed by atoms with E-state index in [0.29, 0.717) is 23.7 Å². The predicted octanol–water partition coefficient (Wildman–Crippen LogP) is 4.33. The lowest BCUT2D eigenvalue weighted by Crippen LogP contribution is -2.26. The topological polar surface area (TPSA) is 80.1 Å². The van der Waals surface area contributed by atoms with Crippen LogP contribution in [0.4, 0.5) is 5.69 Å². The third-order valence-corrected chi connectivity index (χ3v) is 6.46. The Morgan fingerprint density at radius 2 is 2.04 bits per heavy atom. The Morgan fingerprint density at radius 1 is 1.21 bits per heavy atom. The molecule has 1 aliphatic carbocycles. The van der Waals surface area contributed by atoms with Crippen molar-refractivity contribution in [1.29, 1.82) is 0 Å². The fourth-order valence-corrected chi connectivity index (χ4v) is 5.18. The van der Waals surface area contributed by atoms with Crippen molar-refractivity contribution in [2.45, 2.75) is 44.9 Å². The molecule has 0 spiro atoms. The smallest absolute Gasteiger partial charge is 0.261 e. The average Bonchev–Trinajstić information content (AvgIpc) is 2.89. The predicted molar refractivity (Wildman–Crippen MR) is 112 cm³/mol. The number of aliphatic imine (C=N–C) groups is 2. The molecular weight excluding hydrogens is 374 g/mol. The number of hydrogen-bond acceptors (Lipinski definition) is 5. The number of rotatable bonds is 5. The molecule has 1 aromatic rings. The Balaban J connectivity index is 1.38. The van der Waals surface area contributed by atoms with Crippen LogP contribution in [0.2, 0.25) is 0 Å². The van der Waals surface area contributed by atoms with E-state index >= 15 is 0 Å². The lowest BCUT2D eigenvalue weighted by Gasteiger charge is -2.16. The minimum atomic E-state index is -0.260. The van der Waals surface area contributed by atoms with Crippen molar-refractivity contribution in [3.63, 3.8) is 0 Å². The van der Waals surface area contributed by atoms with Crippen LogP contribution in [0.1, 0.15) is 44.9 Å². The number of benzene rings is 1. The van der Waals surface area contributed by atoms with Crippen LogP contribution in [0.3, 0.4) is 0 Å². The van der Waals surface area contributed by atoms with Crippen LogP contribution >= 0.6 is 11.8 Å². The number of amidine groups is 1. The molecule has 2 amide bonds. The third kappa shape index (κ3) is 3.90. The van der Waals surface area contributed by atoms with Crippen molar-refractivity contribution in [2.75, 3.05) is 12.4 Å². The van der Waals surface area contributed by atoms with Crippen molar-refractivity contribution in [1.82, 2.24) is 0 Å². The zero-order valence-electron chi connectivity index (χ0n) is 15.9. The van der Waals surface area contributed by atoms with Gasteiger partial charge in [-0.2, -0.15) is 4.99 Å². The highest BCUT2D eigenvalue weighted by atomic mass is 32.2. The summed E-state index contributed by atoms with van der Waals surface area (Å²) in [5.41, 5.74) is 1.87. The van der Waals surface area contributed by atoms with Crippen LogP contribution < -0.4 is 10.1 Å². The number of nitrogens with one attached hydrogen (secondary N) is 1. The lowest BCUT2D eigenvalue weighted by molar-refractivity contribution is -0.119. The summed E-state index contributed by atoms with van der Waals surface area (Å²) < 4.78 is 5.25. The maximum Gasteiger partial charge on any atom is 0.261 e. The number of thioether (sulfide) groups is 1. The molecule has 0 radical (unpaired) electrons. The Hall–Kier alpha value is -2.41. The van der Waals surface area contributed by atoms with E-state index < -0.39 is 0 Å². The summed E-state index contributed by atoms with van der Waals surface area (Å²) in [6.45, 7) is 0. The van der Waals surface area contributed by atoms with Gasteiger partial charge in [-0.25, -0.2) is 4.99 Å². The van der Waals surface area contributed by atoms with Gasteiger partial charge in [-0.05, 0) is 48.3 Å². The van der Waals surface area contributed by atoms with E-state index in [4.69, 9.17) is 4.74 Å². The van der Waals surface area contributed by atoms with E-state index in [1.165, 1.54) is 23.3 Å². The molecule has 1 unspecified atom stereocenters. The Morgan fingerprint density at radius 3 is 2.89 bits per heavy atom. The summed E-state index contributed by atoms with van der Waals surface area (Å²) in [5, 5.41) is 3.69. The number of carbonyl (C=O) groups is 2. The molecule has 0 bridgehead atoms. The highest BCUT2D eigenvalue weighted by Crippen LogP contribution is 2.46. The van der Waals surface area contributed by atoms with E-state index in [9.17, 15) is 9.59 Å². The normalized spacial score (nSPS) is 21.3. The number of ether oxygens (including phenoxy) is 1. The van der Waals surface area contributed by atoms with Gasteiger partial charge < -0.3 is 10.1 Å². The molecule has 0 saturated heterocycles. The van der Waals surface area contributed by atoms with Crippen LogP contribution in [0.5, 0.6) is 5.75 Å². The Labute approximate surface area is 168 Å². The molecule has 6 nitrogen and oxygen atoms in total. The monoisotopic (exact) mass is 397 g/mol. The average molecular weight is 398 g/mol. The molecule has 0 saturated carbocycles. The van der Waals surface area contributed by atoms with Gasteiger partial charge in [0.15, 0.2) is 0 Å². The summed E-state index contributed by atoms with van der Waals surface area (Å²) in [4.78, 5) is 35.1. The van der Waals surface area contributed by atoms with Gasteiger partial charge in [-0.15, -0.1) is 0 Å². The highest BCUT2D eigenvalue weighted by molar-refractivity contribution is 8.17. The molecule has 146 valence electrons. The second kappa shape index (κ2) is 8.31. The summed E-state index contributed by atoms with van der Waals surface area (Å²) in [6, 6.07) is 7.26. The van der Waals surface area contributed by atoms with Gasteiger partial charge >= 0.3 is 0 Å². The van der Waals surface area contributed by atoms with Gasteiger partial charge in [0.2, 0.25) is 5.91 Å². The zero-order valence-corrected chi connectivity index (χ0v) is 16.7. The number of allylic oxidation sites excluding steroid dienone is 1. The van der Waals surface area contributed by atoms with Crippen molar-refractivity contribution < 1.29 is 14.3 Å². The van der Waals surface area contributed by atoms with Crippen molar-refractivity contribution in [3.05, 3.63) is 34.7 Å². The highest BCUT2D eigenvalue weighted by Gasteiger charge is 2.39. The van der Waals surface area contributed by atoms with Gasteiger partial charge in [0.25, 0.3) is 5.91 Å². The number of anilines is 1. The van der Waals surface area contributed by atoms with Crippen LogP contribution in [0, 0.1) is 5.92 Å². The molecule has 28 heavy (non-hydrogen) atoms. The van der Waals surface area contributed by atoms with Gasteiger partial charge in [-0.1, -0.05) is 30.3 Å². The first-order valence-electron chi connectivity index (χ1n) is 9.68. The van der Waals surface area contributed by atoms with E-state index in [2.05, 4.69) is 15.3 Å². The number of carbonyl (C=O) groups excluding carboxylic acids is 2. The SMILES string of the molecule is COc1ccccc1NC(=O)CCC1=NC(=O)C2C(=N1)SC1=C2CCCCC1. The van der Waals surface area contributed by atoms with E-state index in [0.717, 1.165) is 24.3 Å². The quantitative estimate of drug-likeness (QED) is 0.802.